The van der Waals surface area contributed by atoms with Crippen LogP contribution in [0.3, 0.4) is 0 Å². The van der Waals surface area contributed by atoms with E-state index < -0.39 is 0 Å². The molecule has 1 rings (SSSR count). The van der Waals surface area contributed by atoms with Crippen molar-refractivity contribution in [1.82, 2.24) is 14.9 Å². The van der Waals surface area contributed by atoms with E-state index in [1.807, 2.05) is 24.1 Å². The topological polar surface area (TPSA) is 29.9 Å². The molecule has 0 spiro atoms. The fourth-order valence-corrected chi connectivity index (χ4v) is 1.39. The highest BCUT2D eigenvalue weighted by molar-refractivity contribution is 5.49. The third-order valence-corrected chi connectivity index (χ3v) is 2.61. The number of hydrogen-bond donors (Lipinski definition) is 1. The van der Waals surface area contributed by atoms with Crippen LogP contribution in [0.2, 0.25) is 0 Å². The third-order valence-electron chi connectivity index (χ3n) is 2.61. The zero-order valence-electron chi connectivity index (χ0n) is 10.1. The van der Waals surface area contributed by atoms with Crippen molar-refractivity contribution >= 4 is 6.08 Å². The molecule has 0 aliphatic carbocycles. The van der Waals surface area contributed by atoms with Crippen LogP contribution < -0.4 is 5.32 Å². The van der Waals surface area contributed by atoms with E-state index in [-0.39, 0.29) is 0 Å². The molecule has 0 radical (unpaired) electrons. The minimum Gasteiger partial charge on any atom is -0.334 e. The molecular formula is C12H21N3. The predicted octanol–water partition coefficient (Wildman–Crippen LogP) is 2.21. The second-order valence-corrected chi connectivity index (χ2v) is 3.99. The Balaban J connectivity index is 2.63. The number of hydrogen-bond acceptors (Lipinski definition) is 2. The van der Waals surface area contributed by atoms with Gasteiger partial charge in [0.15, 0.2) is 0 Å². The molecule has 1 N–H and O–H groups in total. The van der Waals surface area contributed by atoms with E-state index in [4.69, 9.17) is 0 Å². The molecule has 84 valence electrons. The van der Waals surface area contributed by atoms with E-state index >= 15 is 0 Å². The molecule has 0 aliphatic rings. The van der Waals surface area contributed by atoms with Crippen LogP contribution in [0.15, 0.2) is 18.1 Å². The van der Waals surface area contributed by atoms with Gasteiger partial charge in [-0.1, -0.05) is 12.5 Å². The Bertz CT molecular complexity index is 325. The first kappa shape index (κ1) is 12.0. The van der Waals surface area contributed by atoms with Gasteiger partial charge in [-0.3, -0.25) is 0 Å². The van der Waals surface area contributed by atoms with E-state index in [0.717, 1.165) is 12.2 Å². The second-order valence-electron chi connectivity index (χ2n) is 3.99. The summed E-state index contributed by atoms with van der Waals surface area (Å²) in [6, 6.07) is 0.430. The molecule has 0 saturated heterocycles. The smallest absolute Gasteiger partial charge is 0.0948 e. The van der Waals surface area contributed by atoms with Crippen molar-refractivity contribution in [2.75, 3.05) is 6.54 Å². The van der Waals surface area contributed by atoms with Crippen molar-refractivity contribution in [1.29, 1.82) is 0 Å². The summed E-state index contributed by atoms with van der Waals surface area (Å²) in [5.41, 5.74) is 2.49. The molecule has 0 amide bonds. The lowest BCUT2D eigenvalue weighted by Crippen LogP contribution is -2.27. The Kier molecular flexibility index (Phi) is 4.56. The van der Waals surface area contributed by atoms with Crippen molar-refractivity contribution < 1.29 is 0 Å². The van der Waals surface area contributed by atoms with Crippen molar-refractivity contribution in [3.8, 4) is 0 Å². The van der Waals surface area contributed by atoms with Gasteiger partial charge in [0, 0.05) is 13.1 Å². The molecule has 0 aliphatic heterocycles. The van der Waals surface area contributed by atoms with Crippen LogP contribution in [0.5, 0.6) is 0 Å². The minimum atomic E-state index is 0.430. The van der Waals surface area contributed by atoms with Gasteiger partial charge in [-0.2, -0.15) is 0 Å². The monoisotopic (exact) mass is 207 g/mol. The fraction of sp³-hybridized carbons (Fsp3) is 0.583. The maximum Gasteiger partial charge on any atom is 0.0948 e. The Morgan fingerprint density at radius 2 is 2.40 bits per heavy atom. The molecule has 3 heteroatoms. The lowest BCUT2D eigenvalue weighted by atomic mass is 10.1. The number of nitrogens with one attached hydrogen (secondary N) is 1. The van der Waals surface area contributed by atoms with Crippen LogP contribution in [0.4, 0.5) is 0 Å². The quantitative estimate of drug-likeness (QED) is 0.802. The van der Waals surface area contributed by atoms with Gasteiger partial charge in [-0.15, -0.1) is 0 Å². The molecule has 0 saturated carbocycles. The number of nitrogens with zero attached hydrogens (tertiary/aromatic N) is 2. The van der Waals surface area contributed by atoms with Crippen LogP contribution in [-0.2, 0) is 7.05 Å². The Labute approximate surface area is 92.2 Å². The summed E-state index contributed by atoms with van der Waals surface area (Å²) in [5, 5.41) is 3.47. The molecule has 15 heavy (non-hydrogen) atoms. The summed E-state index contributed by atoms with van der Waals surface area (Å²) >= 11 is 0. The fourth-order valence-electron chi connectivity index (χ4n) is 1.39. The largest absolute Gasteiger partial charge is 0.334 e. The first-order chi connectivity index (χ1) is 7.15. The van der Waals surface area contributed by atoms with Gasteiger partial charge < -0.3 is 9.88 Å². The number of aryl methyl sites for hydroxylation is 1. The molecule has 1 aromatic rings. The van der Waals surface area contributed by atoms with E-state index in [9.17, 15) is 0 Å². The van der Waals surface area contributed by atoms with Crippen LogP contribution in [0.25, 0.3) is 6.08 Å². The highest BCUT2D eigenvalue weighted by Gasteiger charge is 2.03. The molecular weight excluding hydrogens is 186 g/mol. The Morgan fingerprint density at radius 3 is 2.93 bits per heavy atom. The summed E-state index contributed by atoms with van der Waals surface area (Å²) < 4.78 is 2.02. The summed E-state index contributed by atoms with van der Waals surface area (Å²) in [6.07, 6.45) is 7.06. The minimum absolute atomic E-state index is 0.430. The number of imidazole rings is 1. The maximum absolute atomic E-state index is 4.09. The highest BCUT2D eigenvalue weighted by Crippen LogP contribution is 2.08. The highest BCUT2D eigenvalue weighted by atomic mass is 15.0. The molecule has 0 bridgehead atoms. The van der Waals surface area contributed by atoms with Crippen molar-refractivity contribution in [2.24, 2.45) is 7.05 Å². The van der Waals surface area contributed by atoms with Crippen LogP contribution >= 0.6 is 0 Å². The average molecular weight is 207 g/mol. The summed E-state index contributed by atoms with van der Waals surface area (Å²) in [7, 11) is 2.01. The summed E-state index contributed by atoms with van der Waals surface area (Å²) in [4.78, 5) is 4.09. The van der Waals surface area contributed by atoms with Crippen LogP contribution in [-0.4, -0.2) is 22.1 Å². The maximum atomic E-state index is 4.09. The zero-order chi connectivity index (χ0) is 11.3. The normalized spacial score (nSPS) is 14.3. The first-order valence-corrected chi connectivity index (χ1v) is 5.53. The Morgan fingerprint density at radius 1 is 1.67 bits per heavy atom. The van der Waals surface area contributed by atoms with Crippen LogP contribution in [0.1, 0.15) is 32.9 Å². The summed E-state index contributed by atoms with van der Waals surface area (Å²) in [5.74, 6) is 0. The van der Waals surface area contributed by atoms with E-state index in [1.54, 1.807) is 0 Å². The van der Waals surface area contributed by atoms with E-state index in [0.29, 0.717) is 6.04 Å². The molecule has 0 fully saturated rings. The third kappa shape index (κ3) is 3.51. The molecule has 1 atom stereocenters. The van der Waals surface area contributed by atoms with Gasteiger partial charge >= 0.3 is 0 Å². The first-order valence-electron chi connectivity index (χ1n) is 5.53. The zero-order valence-corrected chi connectivity index (χ0v) is 10.1. The lowest BCUT2D eigenvalue weighted by molar-refractivity contribution is 0.604. The molecule has 1 heterocycles. The van der Waals surface area contributed by atoms with Crippen LogP contribution in [0, 0.1) is 0 Å². The van der Waals surface area contributed by atoms with Gasteiger partial charge in [0.05, 0.1) is 18.2 Å². The van der Waals surface area contributed by atoms with Crippen molar-refractivity contribution in [3.05, 3.63) is 23.8 Å². The standard InChI is InChI=1S/C12H21N3/c1-5-6-14-11(3)10(2)7-12-8-13-9-15(12)4/h7-9,11,14H,5-6H2,1-4H3. The lowest BCUT2D eigenvalue weighted by Gasteiger charge is -2.13. The average Bonchev–Trinajstić information content (AvgIpc) is 2.61. The second kappa shape index (κ2) is 5.71. The number of aromatic nitrogens is 2. The van der Waals surface area contributed by atoms with Gasteiger partial charge in [-0.05, 0) is 32.9 Å². The van der Waals surface area contributed by atoms with Gasteiger partial charge in [0.1, 0.15) is 0 Å². The Hall–Kier alpha value is -1.09. The molecule has 1 unspecified atom stereocenters. The molecule has 3 nitrogen and oxygen atoms in total. The van der Waals surface area contributed by atoms with Gasteiger partial charge in [0.2, 0.25) is 0 Å². The SMILES string of the molecule is CCCNC(C)C(C)=Cc1cncn1C. The number of rotatable bonds is 5. The molecule has 0 aromatic carbocycles. The summed E-state index contributed by atoms with van der Waals surface area (Å²) in [6.45, 7) is 7.59. The van der Waals surface area contributed by atoms with Gasteiger partial charge in [0.25, 0.3) is 0 Å². The van der Waals surface area contributed by atoms with E-state index in [2.05, 4.69) is 37.1 Å². The molecule has 1 aromatic heterocycles. The van der Waals surface area contributed by atoms with Crippen molar-refractivity contribution in [3.63, 3.8) is 0 Å². The predicted molar refractivity (Wildman–Crippen MR) is 64.6 cm³/mol. The van der Waals surface area contributed by atoms with E-state index in [1.165, 1.54) is 12.0 Å². The van der Waals surface area contributed by atoms with Crippen molar-refractivity contribution in [2.45, 2.75) is 33.2 Å². The van der Waals surface area contributed by atoms with Gasteiger partial charge in [-0.25, -0.2) is 4.98 Å².